The smallest absolute Gasteiger partial charge is 0.305 e. The Morgan fingerprint density at radius 1 is 0.726 bits per heavy atom. The summed E-state index contributed by atoms with van der Waals surface area (Å²) >= 11 is 1.70. The largest absolute Gasteiger partial charge is 0.493 e. The molecule has 4 heterocycles. The summed E-state index contributed by atoms with van der Waals surface area (Å²) in [7, 11) is 6.11. The number of amides is 2. The molecule has 3 aromatic rings. The first-order chi connectivity index (χ1) is 30.3. The van der Waals surface area contributed by atoms with Crippen LogP contribution >= 0.6 is 11.8 Å². The number of hydrogen-bond donors (Lipinski definition) is 0. The van der Waals surface area contributed by atoms with Gasteiger partial charge in [-0.15, -0.1) is 11.8 Å². The predicted octanol–water partition coefficient (Wildman–Crippen LogP) is 5.85. The molecule has 4 aliphatic rings. The zero-order valence-electron chi connectivity index (χ0n) is 35.8. The van der Waals surface area contributed by atoms with E-state index in [4.69, 9.17) is 42.9 Å². The molecule has 2 atom stereocenters. The summed E-state index contributed by atoms with van der Waals surface area (Å²) in [5, 5.41) is 0. The molecule has 0 aliphatic carbocycles. The monoisotopic (exact) mass is 873 g/mol. The highest BCUT2D eigenvalue weighted by Gasteiger charge is 2.34. The molecule has 0 unspecified atom stereocenters. The number of carbonyl (C=O) groups excluding carboxylic acids is 3. The Hall–Kier alpha value is -5.36. The molecule has 4 aliphatic heterocycles. The van der Waals surface area contributed by atoms with Crippen LogP contribution in [0.2, 0.25) is 0 Å². The summed E-state index contributed by atoms with van der Waals surface area (Å²) < 4.78 is 45.9. The number of nitrogens with zero attached hydrogens (tertiary/aromatic N) is 5. The molecule has 0 saturated carbocycles. The van der Waals surface area contributed by atoms with E-state index < -0.39 is 0 Å². The van der Waals surface area contributed by atoms with Crippen LogP contribution in [0, 0.1) is 0 Å². The van der Waals surface area contributed by atoms with Gasteiger partial charge in [-0.05, 0) is 60.7 Å². The average molecular weight is 874 g/mol. The molecule has 0 radical (unpaired) electrons. The van der Waals surface area contributed by atoms with Gasteiger partial charge in [0.2, 0.25) is 0 Å². The Labute approximate surface area is 366 Å². The van der Waals surface area contributed by atoms with Crippen LogP contribution in [0.1, 0.15) is 57.5 Å². The minimum Gasteiger partial charge on any atom is -0.493 e. The first-order valence-electron chi connectivity index (χ1n) is 20.9. The lowest BCUT2D eigenvalue weighted by Gasteiger charge is -2.26. The highest BCUT2D eigenvalue weighted by atomic mass is 32.2. The zero-order chi connectivity index (χ0) is 43.4. The van der Waals surface area contributed by atoms with Gasteiger partial charge in [-0.2, -0.15) is 0 Å². The summed E-state index contributed by atoms with van der Waals surface area (Å²) in [4.78, 5) is 54.4. The van der Waals surface area contributed by atoms with Crippen LogP contribution in [-0.2, 0) is 37.0 Å². The Morgan fingerprint density at radius 3 is 1.97 bits per heavy atom. The zero-order valence-corrected chi connectivity index (χ0v) is 36.6. The predicted molar refractivity (Wildman–Crippen MR) is 236 cm³/mol. The lowest BCUT2D eigenvalue weighted by atomic mass is 10.1. The van der Waals surface area contributed by atoms with E-state index >= 15 is 0 Å². The lowest BCUT2D eigenvalue weighted by molar-refractivity contribution is -0.140. The third-order valence-electron chi connectivity index (χ3n) is 11.1. The van der Waals surface area contributed by atoms with Crippen LogP contribution in [-0.4, -0.2) is 145 Å². The fraction of sp³-hybridized carbons (Fsp3) is 0.489. The van der Waals surface area contributed by atoms with Crippen molar-refractivity contribution in [1.29, 1.82) is 0 Å². The summed E-state index contributed by atoms with van der Waals surface area (Å²) in [6.07, 6.45) is 6.30. The second kappa shape index (κ2) is 21.6. The third kappa shape index (κ3) is 10.8. The van der Waals surface area contributed by atoms with Gasteiger partial charge in [0, 0.05) is 69.2 Å². The number of carbonyl (C=O) groups is 3. The molecule has 3 aromatic carbocycles. The Morgan fingerprint density at radius 2 is 1.34 bits per heavy atom. The maximum absolute atomic E-state index is 13.5. The van der Waals surface area contributed by atoms with Crippen molar-refractivity contribution in [2.45, 2.75) is 51.0 Å². The van der Waals surface area contributed by atoms with Gasteiger partial charge in [-0.3, -0.25) is 24.4 Å². The molecule has 2 amide bonds. The highest BCUT2D eigenvalue weighted by Crippen LogP contribution is 2.40. The SMILES string of the molecule is COCCOCCOCCN(CCCC(=O)OC)c1cc(COc2cc3c(cc2OC)C(=O)N2CCC[C@H]2C=N3)cc(COc2cc3c(cc2OC)C(=O)N2CSC[C@H]2C=N3)c1. The van der Waals surface area contributed by atoms with Gasteiger partial charge in [-0.1, -0.05) is 0 Å². The van der Waals surface area contributed by atoms with Gasteiger partial charge in [0.15, 0.2) is 23.0 Å². The fourth-order valence-corrected chi connectivity index (χ4v) is 8.89. The molecular weight excluding hydrogens is 819 g/mol. The molecule has 62 heavy (non-hydrogen) atoms. The molecule has 0 aromatic heterocycles. The number of hydrogen-bond acceptors (Lipinski definition) is 15. The molecule has 17 heteroatoms. The first kappa shape index (κ1) is 44.7. The first-order valence-corrected chi connectivity index (χ1v) is 22.0. The normalized spacial score (nSPS) is 17.5. The van der Waals surface area contributed by atoms with Crippen LogP contribution in [0.5, 0.6) is 23.0 Å². The van der Waals surface area contributed by atoms with Crippen molar-refractivity contribution in [2.75, 3.05) is 97.6 Å². The van der Waals surface area contributed by atoms with Crippen molar-refractivity contribution >= 4 is 59.0 Å². The van der Waals surface area contributed by atoms with E-state index in [9.17, 15) is 14.4 Å². The maximum atomic E-state index is 13.5. The van der Waals surface area contributed by atoms with Crippen LogP contribution in [0.4, 0.5) is 17.1 Å². The molecule has 0 bridgehead atoms. The lowest BCUT2D eigenvalue weighted by Crippen LogP contribution is -2.36. The maximum Gasteiger partial charge on any atom is 0.305 e. The number of esters is 1. The van der Waals surface area contributed by atoms with Gasteiger partial charge in [-0.25, -0.2) is 0 Å². The highest BCUT2D eigenvalue weighted by molar-refractivity contribution is 7.99. The number of thioether (sulfide) groups is 1. The van der Waals surface area contributed by atoms with Gasteiger partial charge in [0.05, 0.1) is 94.8 Å². The van der Waals surface area contributed by atoms with Crippen LogP contribution < -0.4 is 23.8 Å². The molecule has 16 nitrogen and oxygen atoms in total. The second-order valence-corrected chi connectivity index (χ2v) is 16.1. The summed E-state index contributed by atoms with van der Waals surface area (Å²) in [5.41, 5.74) is 4.51. The van der Waals surface area contributed by atoms with E-state index in [1.807, 2.05) is 40.4 Å². The second-order valence-electron chi connectivity index (χ2n) is 15.1. The van der Waals surface area contributed by atoms with Crippen LogP contribution in [0.3, 0.4) is 0 Å². The summed E-state index contributed by atoms with van der Waals surface area (Å²) in [6.45, 7) is 4.30. The quantitative estimate of drug-likeness (QED) is 0.0875. The minimum absolute atomic E-state index is 0.0262. The van der Waals surface area contributed by atoms with E-state index in [0.717, 1.165) is 35.4 Å². The molecule has 2 saturated heterocycles. The van der Waals surface area contributed by atoms with E-state index in [-0.39, 0.29) is 49.5 Å². The molecular formula is C45H55N5O11S. The molecule has 332 valence electrons. The fourth-order valence-electron chi connectivity index (χ4n) is 7.77. The standard InChI is InChI=1S/C45H55N5O11S/c1-54-13-14-59-16-15-58-12-11-48(9-6-8-43(51)57-4)33-18-30(26-60-41-22-37-35(20-39(41)55-2)44(52)49-10-5-7-32(49)24-46-37)17-31(19-33)27-61-42-23-38-36(21-40(42)56-3)45(53)50-29-62-28-34(50)25-47-38/h17-25,32,34H,5-16,26-29H2,1-4H3/t32-,34+/m0/s1. The van der Waals surface area contributed by atoms with E-state index in [1.54, 1.807) is 57.4 Å². The van der Waals surface area contributed by atoms with Crippen LogP contribution in [0.25, 0.3) is 0 Å². The summed E-state index contributed by atoms with van der Waals surface area (Å²) in [5.74, 6) is 2.70. The van der Waals surface area contributed by atoms with Gasteiger partial charge in [0.1, 0.15) is 13.2 Å². The molecule has 7 rings (SSSR count). The van der Waals surface area contributed by atoms with Crippen molar-refractivity contribution in [3.8, 4) is 23.0 Å². The van der Waals surface area contributed by atoms with E-state index in [2.05, 4.69) is 9.89 Å². The number of ether oxygens (including phenoxy) is 8. The van der Waals surface area contributed by atoms with Crippen LogP contribution in [0.15, 0.2) is 52.4 Å². The average Bonchev–Trinajstić information content (AvgIpc) is 3.93. The van der Waals surface area contributed by atoms with Crippen molar-refractivity contribution in [3.63, 3.8) is 0 Å². The van der Waals surface area contributed by atoms with Gasteiger partial charge in [0.25, 0.3) is 11.8 Å². The van der Waals surface area contributed by atoms with Gasteiger partial charge < -0.3 is 52.6 Å². The third-order valence-corrected chi connectivity index (χ3v) is 12.1. The number of aliphatic imine (C=N–C) groups is 2. The number of benzene rings is 3. The Kier molecular flexibility index (Phi) is 15.6. The van der Waals surface area contributed by atoms with Gasteiger partial charge >= 0.3 is 5.97 Å². The van der Waals surface area contributed by atoms with Crippen molar-refractivity contribution in [3.05, 3.63) is 64.7 Å². The van der Waals surface area contributed by atoms with E-state index in [1.165, 1.54) is 7.11 Å². The Bertz CT molecular complexity index is 2010. The molecule has 0 spiro atoms. The number of rotatable bonds is 22. The molecule has 2 fully saturated rings. The topological polar surface area (TPSA) is 159 Å². The molecule has 0 N–H and O–H groups in total. The summed E-state index contributed by atoms with van der Waals surface area (Å²) in [6, 6.07) is 12.9. The number of anilines is 1. The Balaban J connectivity index is 1.15. The number of fused-ring (bicyclic) bond motifs is 4. The van der Waals surface area contributed by atoms with Crippen molar-refractivity contribution < 1.29 is 52.3 Å². The van der Waals surface area contributed by atoms with Crippen molar-refractivity contribution in [2.24, 2.45) is 9.98 Å². The number of methoxy groups -OCH3 is 4. The van der Waals surface area contributed by atoms with E-state index in [0.29, 0.717) is 110 Å². The minimum atomic E-state index is -0.285. The van der Waals surface area contributed by atoms with Crippen molar-refractivity contribution in [1.82, 2.24) is 9.80 Å².